The van der Waals surface area contributed by atoms with Gasteiger partial charge >= 0.3 is 0 Å². The van der Waals surface area contributed by atoms with Crippen molar-refractivity contribution in [1.29, 1.82) is 0 Å². The standard InChI is InChI=1S/C20H23F2N3O2.ClH/c1-12(2)18(23)20(27)24-11-17(26)25-19(13-3-7-15(21)8-4-13)14-5-9-16(22)10-6-14;/h3-10,12,18-19H,11,23H2,1-2H3,(H,24,27)(H,25,26);1H/t18-;/m0./s1. The molecule has 28 heavy (non-hydrogen) atoms. The van der Waals surface area contributed by atoms with E-state index in [1.807, 2.05) is 13.8 Å². The normalized spacial score (nSPS) is 11.7. The summed E-state index contributed by atoms with van der Waals surface area (Å²) in [5.41, 5.74) is 7.00. The van der Waals surface area contributed by atoms with Gasteiger partial charge in [0.2, 0.25) is 11.8 Å². The molecular formula is C20H24ClF2N3O2. The topological polar surface area (TPSA) is 84.2 Å². The van der Waals surface area contributed by atoms with Gasteiger partial charge in [-0.15, -0.1) is 12.4 Å². The van der Waals surface area contributed by atoms with Crippen LogP contribution in [0.3, 0.4) is 0 Å². The van der Waals surface area contributed by atoms with Gasteiger partial charge in [0.25, 0.3) is 0 Å². The Hall–Kier alpha value is -2.51. The fourth-order valence-corrected chi connectivity index (χ4v) is 2.47. The highest BCUT2D eigenvalue weighted by atomic mass is 35.5. The van der Waals surface area contributed by atoms with E-state index in [4.69, 9.17) is 5.73 Å². The molecule has 0 aliphatic carbocycles. The molecule has 5 nitrogen and oxygen atoms in total. The smallest absolute Gasteiger partial charge is 0.240 e. The maximum absolute atomic E-state index is 13.2. The van der Waals surface area contributed by atoms with Gasteiger partial charge in [0.1, 0.15) is 11.6 Å². The summed E-state index contributed by atoms with van der Waals surface area (Å²) in [6.07, 6.45) is 0. The van der Waals surface area contributed by atoms with E-state index in [0.29, 0.717) is 11.1 Å². The molecular weight excluding hydrogens is 388 g/mol. The Balaban J connectivity index is 0.00000392. The molecule has 1 atom stereocenters. The molecule has 2 aromatic rings. The van der Waals surface area contributed by atoms with Crippen LogP contribution in [0, 0.1) is 17.6 Å². The Bertz CT molecular complexity index is 738. The van der Waals surface area contributed by atoms with E-state index in [0.717, 1.165) is 0 Å². The van der Waals surface area contributed by atoms with Crippen LogP contribution in [0.15, 0.2) is 48.5 Å². The summed E-state index contributed by atoms with van der Waals surface area (Å²) in [6.45, 7) is 3.37. The third-order valence-corrected chi connectivity index (χ3v) is 4.16. The molecule has 0 bridgehead atoms. The van der Waals surface area contributed by atoms with E-state index >= 15 is 0 Å². The van der Waals surface area contributed by atoms with Gasteiger partial charge in [0.05, 0.1) is 18.6 Å². The summed E-state index contributed by atoms with van der Waals surface area (Å²) < 4.78 is 26.4. The van der Waals surface area contributed by atoms with Crippen LogP contribution >= 0.6 is 12.4 Å². The highest BCUT2D eigenvalue weighted by Gasteiger charge is 2.20. The number of nitrogens with one attached hydrogen (secondary N) is 2. The first-order valence-electron chi connectivity index (χ1n) is 8.61. The number of carbonyl (C=O) groups excluding carboxylic acids is 2. The average Bonchev–Trinajstić information content (AvgIpc) is 2.65. The van der Waals surface area contributed by atoms with Crippen molar-refractivity contribution in [1.82, 2.24) is 10.6 Å². The SMILES string of the molecule is CC(C)[C@H](N)C(=O)NCC(=O)NC(c1ccc(F)cc1)c1ccc(F)cc1.Cl. The predicted octanol–water partition coefficient (Wildman–Crippen LogP) is 2.69. The van der Waals surface area contributed by atoms with Gasteiger partial charge in [-0.3, -0.25) is 9.59 Å². The Morgan fingerprint density at radius 3 is 1.75 bits per heavy atom. The van der Waals surface area contributed by atoms with Crippen molar-refractivity contribution in [2.24, 2.45) is 11.7 Å². The minimum absolute atomic E-state index is 0. The molecule has 8 heteroatoms. The lowest BCUT2D eigenvalue weighted by atomic mass is 9.98. The average molecular weight is 412 g/mol. The lowest BCUT2D eigenvalue weighted by molar-refractivity contribution is -0.127. The van der Waals surface area contributed by atoms with E-state index in [9.17, 15) is 18.4 Å². The van der Waals surface area contributed by atoms with Crippen molar-refractivity contribution in [3.8, 4) is 0 Å². The van der Waals surface area contributed by atoms with E-state index < -0.39 is 35.5 Å². The quantitative estimate of drug-likeness (QED) is 0.655. The molecule has 2 rings (SSSR count). The molecule has 0 aromatic heterocycles. The number of nitrogens with two attached hydrogens (primary N) is 1. The first kappa shape index (κ1) is 23.5. The highest BCUT2D eigenvalue weighted by Crippen LogP contribution is 2.22. The summed E-state index contributed by atoms with van der Waals surface area (Å²) in [7, 11) is 0. The highest BCUT2D eigenvalue weighted by molar-refractivity contribution is 5.87. The number of hydrogen-bond acceptors (Lipinski definition) is 3. The number of rotatable bonds is 7. The lowest BCUT2D eigenvalue weighted by Crippen LogP contribution is -2.47. The van der Waals surface area contributed by atoms with Gasteiger partial charge in [-0.2, -0.15) is 0 Å². The second-order valence-electron chi connectivity index (χ2n) is 6.59. The molecule has 0 aliphatic rings. The van der Waals surface area contributed by atoms with Crippen molar-refractivity contribution < 1.29 is 18.4 Å². The van der Waals surface area contributed by atoms with Crippen molar-refractivity contribution in [2.75, 3.05) is 6.54 Å². The van der Waals surface area contributed by atoms with Crippen LogP contribution in [-0.2, 0) is 9.59 Å². The minimum Gasteiger partial charge on any atom is -0.346 e. The van der Waals surface area contributed by atoms with Gasteiger partial charge in [0.15, 0.2) is 0 Å². The van der Waals surface area contributed by atoms with Crippen LogP contribution in [0.5, 0.6) is 0 Å². The van der Waals surface area contributed by atoms with Crippen LogP contribution in [0.25, 0.3) is 0 Å². The second-order valence-corrected chi connectivity index (χ2v) is 6.59. The number of halogens is 3. The molecule has 0 saturated heterocycles. The van der Waals surface area contributed by atoms with E-state index in [1.54, 1.807) is 0 Å². The van der Waals surface area contributed by atoms with Crippen LogP contribution in [0.4, 0.5) is 8.78 Å². The van der Waals surface area contributed by atoms with E-state index in [-0.39, 0.29) is 24.9 Å². The Kier molecular flexibility index (Phi) is 9.02. The van der Waals surface area contributed by atoms with Crippen LogP contribution in [0.1, 0.15) is 31.0 Å². The van der Waals surface area contributed by atoms with E-state index in [1.165, 1.54) is 48.5 Å². The second kappa shape index (κ2) is 10.7. The summed E-state index contributed by atoms with van der Waals surface area (Å²) >= 11 is 0. The zero-order valence-corrected chi connectivity index (χ0v) is 16.4. The number of amides is 2. The number of benzene rings is 2. The summed E-state index contributed by atoms with van der Waals surface area (Å²) in [6, 6.07) is 9.95. The first-order chi connectivity index (χ1) is 12.8. The Morgan fingerprint density at radius 1 is 0.929 bits per heavy atom. The fourth-order valence-electron chi connectivity index (χ4n) is 2.47. The molecule has 0 unspecified atom stereocenters. The predicted molar refractivity (Wildman–Crippen MR) is 106 cm³/mol. The van der Waals surface area contributed by atoms with Crippen molar-refractivity contribution in [3.63, 3.8) is 0 Å². The van der Waals surface area contributed by atoms with E-state index in [2.05, 4.69) is 10.6 Å². The maximum Gasteiger partial charge on any atom is 0.240 e. The molecule has 0 aliphatic heterocycles. The van der Waals surface area contributed by atoms with Crippen LogP contribution in [-0.4, -0.2) is 24.4 Å². The van der Waals surface area contributed by atoms with Gasteiger partial charge in [0, 0.05) is 0 Å². The lowest BCUT2D eigenvalue weighted by Gasteiger charge is -2.21. The van der Waals surface area contributed by atoms with Gasteiger partial charge in [-0.1, -0.05) is 38.1 Å². The zero-order valence-electron chi connectivity index (χ0n) is 15.6. The molecule has 2 aromatic carbocycles. The summed E-state index contributed by atoms with van der Waals surface area (Å²) in [5.74, 6) is -1.73. The molecule has 0 saturated carbocycles. The molecule has 0 heterocycles. The molecule has 0 fully saturated rings. The Labute approximate surface area is 169 Å². The molecule has 2 amide bonds. The monoisotopic (exact) mass is 411 g/mol. The van der Waals surface area contributed by atoms with Crippen molar-refractivity contribution >= 4 is 24.2 Å². The van der Waals surface area contributed by atoms with Crippen molar-refractivity contribution in [3.05, 3.63) is 71.3 Å². The summed E-state index contributed by atoms with van der Waals surface area (Å²) in [5, 5.41) is 5.27. The Morgan fingerprint density at radius 2 is 1.36 bits per heavy atom. The first-order valence-corrected chi connectivity index (χ1v) is 8.61. The summed E-state index contributed by atoms with van der Waals surface area (Å²) in [4.78, 5) is 24.2. The van der Waals surface area contributed by atoms with Crippen molar-refractivity contribution in [2.45, 2.75) is 25.9 Å². The molecule has 0 spiro atoms. The maximum atomic E-state index is 13.2. The molecule has 152 valence electrons. The zero-order chi connectivity index (χ0) is 20.0. The van der Waals surface area contributed by atoms with Crippen LogP contribution < -0.4 is 16.4 Å². The van der Waals surface area contributed by atoms with Gasteiger partial charge < -0.3 is 16.4 Å². The number of hydrogen-bond donors (Lipinski definition) is 3. The van der Waals surface area contributed by atoms with Gasteiger partial charge in [-0.25, -0.2) is 8.78 Å². The fraction of sp³-hybridized carbons (Fsp3) is 0.300. The van der Waals surface area contributed by atoms with Crippen LogP contribution in [0.2, 0.25) is 0 Å². The molecule has 4 N–H and O–H groups in total. The third kappa shape index (κ3) is 6.58. The minimum atomic E-state index is -0.706. The molecule has 0 radical (unpaired) electrons. The van der Waals surface area contributed by atoms with Gasteiger partial charge in [-0.05, 0) is 41.3 Å². The third-order valence-electron chi connectivity index (χ3n) is 4.16. The largest absolute Gasteiger partial charge is 0.346 e. The number of carbonyl (C=O) groups is 2.